The first kappa shape index (κ1) is 23.1. The summed E-state index contributed by atoms with van der Waals surface area (Å²) in [7, 11) is 0. The highest BCUT2D eigenvalue weighted by Crippen LogP contribution is 2.27. The molecule has 31 heavy (non-hydrogen) atoms. The van der Waals surface area contributed by atoms with E-state index in [4.69, 9.17) is 14.2 Å². The van der Waals surface area contributed by atoms with Crippen LogP contribution < -0.4 is 4.74 Å². The summed E-state index contributed by atoms with van der Waals surface area (Å²) < 4.78 is 16.4. The van der Waals surface area contributed by atoms with E-state index in [-0.39, 0.29) is 23.7 Å². The molecule has 2 aromatic carbocycles. The van der Waals surface area contributed by atoms with Crippen LogP contribution in [0, 0.1) is 0 Å². The minimum atomic E-state index is -1.53. The Balaban J connectivity index is 1.58. The number of carbonyl (C=O) groups is 1. The predicted octanol–water partition coefficient (Wildman–Crippen LogP) is 0.207. The summed E-state index contributed by atoms with van der Waals surface area (Å²) in [5.41, 5.74) is 0.594. The maximum atomic E-state index is 12.5. The monoisotopic (exact) mass is 434 g/mol. The van der Waals surface area contributed by atoms with Gasteiger partial charge in [-0.15, -0.1) is 0 Å². The molecule has 0 aromatic heterocycles. The average molecular weight is 434 g/mol. The van der Waals surface area contributed by atoms with Crippen molar-refractivity contribution in [2.45, 2.75) is 43.7 Å². The Labute approximate surface area is 179 Å². The number of hydrogen-bond donors (Lipinski definition) is 5. The molecule has 1 aliphatic heterocycles. The molecule has 0 aliphatic carbocycles. The number of benzene rings is 2. The smallest absolute Gasteiger partial charge is 0.196 e. The van der Waals surface area contributed by atoms with Gasteiger partial charge in [0.1, 0.15) is 42.0 Å². The van der Waals surface area contributed by atoms with E-state index in [1.807, 2.05) is 0 Å². The molecule has 5 N–H and O–H groups in total. The lowest BCUT2D eigenvalue weighted by atomic mass is 9.99. The molecule has 0 radical (unpaired) electrons. The van der Waals surface area contributed by atoms with Crippen LogP contribution in [-0.4, -0.2) is 81.3 Å². The second kappa shape index (κ2) is 10.2. The number of hydrogen-bond acceptors (Lipinski definition) is 9. The van der Waals surface area contributed by atoms with E-state index in [0.29, 0.717) is 11.3 Å². The third kappa shape index (κ3) is 5.40. The minimum Gasteiger partial charge on any atom is -0.507 e. The summed E-state index contributed by atoms with van der Waals surface area (Å²) in [6.07, 6.45) is -7.38. The summed E-state index contributed by atoms with van der Waals surface area (Å²) in [6.45, 7) is 1.06. The van der Waals surface area contributed by atoms with Gasteiger partial charge in [-0.2, -0.15) is 0 Å². The van der Waals surface area contributed by atoms with E-state index in [0.717, 1.165) is 0 Å². The number of ketones is 1. The van der Waals surface area contributed by atoms with E-state index in [2.05, 4.69) is 0 Å². The zero-order chi connectivity index (χ0) is 22.5. The maximum absolute atomic E-state index is 12.5. The summed E-state index contributed by atoms with van der Waals surface area (Å²) in [4.78, 5) is 12.5. The highest BCUT2D eigenvalue weighted by atomic mass is 16.7. The molecular formula is C22H26O9. The third-order valence-corrected chi connectivity index (χ3v) is 4.93. The molecule has 3 rings (SSSR count). The third-order valence-electron chi connectivity index (χ3n) is 4.93. The molecule has 9 heteroatoms. The van der Waals surface area contributed by atoms with Crippen LogP contribution in [0.2, 0.25) is 0 Å². The molecule has 2 unspecified atom stereocenters. The fourth-order valence-electron chi connectivity index (χ4n) is 3.22. The molecule has 0 amide bonds. The Morgan fingerprint density at radius 3 is 2.42 bits per heavy atom. The van der Waals surface area contributed by atoms with Crippen LogP contribution in [0.4, 0.5) is 0 Å². The van der Waals surface area contributed by atoms with Gasteiger partial charge in [0.15, 0.2) is 12.1 Å². The Kier molecular flexibility index (Phi) is 7.60. The van der Waals surface area contributed by atoms with Crippen molar-refractivity contribution in [3.05, 3.63) is 59.7 Å². The van der Waals surface area contributed by atoms with Crippen LogP contribution in [0.15, 0.2) is 48.5 Å². The normalized spacial score (nSPS) is 26.9. The molecule has 0 saturated carbocycles. The van der Waals surface area contributed by atoms with Gasteiger partial charge in [-0.05, 0) is 19.1 Å². The van der Waals surface area contributed by atoms with Crippen molar-refractivity contribution < 1.29 is 44.5 Å². The molecule has 0 bridgehead atoms. The molecule has 6 atom stereocenters. The summed E-state index contributed by atoms with van der Waals surface area (Å²) in [6, 6.07) is 12.9. The van der Waals surface area contributed by atoms with Crippen LogP contribution >= 0.6 is 0 Å². The quantitative estimate of drug-likeness (QED) is 0.368. The highest BCUT2D eigenvalue weighted by molar-refractivity contribution is 6.10. The predicted molar refractivity (Wildman–Crippen MR) is 108 cm³/mol. The van der Waals surface area contributed by atoms with Gasteiger partial charge >= 0.3 is 0 Å². The zero-order valence-corrected chi connectivity index (χ0v) is 16.9. The van der Waals surface area contributed by atoms with Gasteiger partial charge in [0.2, 0.25) is 0 Å². The number of carbonyl (C=O) groups excluding carboxylic acids is 1. The van der Waals surface area contributed by atoms with Crippen LogP contribution in [0.1, 0.15) is 22.8 Å². The van der Waals surface area contributed by atoms with Crippen LogP contribution in [0.3, 0.4) is 0 Å². The van der Waals surface area contributed by atoms with Crippen LogP contribution in [0.5, 0.6) is 11.5 Å². The molecule has 1 saturated heterocycles. The number of rotatable bonds is 8. The molecule has 0 spiro atoms. The van der Waals surface area contributed by atoms with Gasteiger partial charge in [-0.3, -0.25) is 4.79 Å². The van der Waals surface area contributed by atoms with Gasteiger partial charge in [0.05, 0.1) is 18.8 Å². The van der Waals surface area contributed by atoms with E-state index < -0.39 is 43.4 Å². The molecular weight excluding hydrogens is 408 g/mol. The Morgan fingerprint density at radius 2 is 1.77 bits per heavy atom. The Morgan fingerprint density at radius 1 is 1.06 bits per heavy atom. The SMILES string of the molecule is CC(COC1O[C@H](CO)[C@@H](O)[C@H](O)[C@H]1O)Oc1ccc(C(=O)c2ccccc2)c(O)c1. The second-order valence-electron chi connectivity index (χ2n) is 7.33. The van der Waals surface area contributed by atoms with Gasteiger partial charge < -0.3 is 39.7 Å². The standard InChI is InChI=1S/C22H26O9/c1-12(11-29-22-21(28)20(27)19(26)17(10-23)31-22)30-14-7-8-15(16(24)9-14)18(25)13-5-3-2-4-6-13/h2-9,12,17,19-24,26-28H,10-11H2,1H3/t12?,17-,19-,20+,21-,22?/m1/s1. The van der Waals surface area contributed by atoms with Crippen molar-refractivity contribution in [1.82, 2.24) is 0 Å². The van der Waals surface area contributed by atoms with Crippen molar-refractivity contribution in [2.75, 3.05) is 13.2 Å². The molecule has 1 aliphatic rings. The van der Waals surface area contributed by atoms with Crippen molar-refractivity contribution in [3.8, 4) is 11.5 Å². The molecule has 9 nitrogen and oxygen atoms in total. The lowest BCUT2D eigenvalue weighted by molar-refractivity contribution is -0.303. The molecule has 1 heterocycles. The first-order chi connectivity index (χ1) is 14.8. The van der Waals surface area contributed by atoms with E-state index in [1.54, 1.807) is 43.3 Å². The first-order valence-corrected chi connectivity index (χ1v) is 9.83. The maximum Gasteiger partial charge on any atom is 0.196 e. The second-order valence-corrected chi connectivity index (χ2v) is 7.33. The van der Waals surface area contributed by atoms with Gasteiger partial charge in [-0.1, -0.05) is 30.3 Å². The Hall–Kier alpha value is -2.53. The van der Waals surface area contributed by atoms with Crippen molar-refractivity contribution in [3.63, 3.8) is 0 Å². The van der Waals surface area contributed by atoms with Crippen LogP contribution in [0.25, 0.3) is 0 Å². The molecule has 2 aromatic rings. The summed E-state index contributed by atoms with van der Waals surface area (Å²) in [5.74, 6) is -0.246. The largest absolute Gasteiger partial charge is 0.507 e. The van der Waals surface area contributed by atoms with Crippen molar-refractivity contribution >= 4 is 5.78 Å². The number of aromatic hydroxyl groups is 1. The van der Waals surface area contributed by atoms with Crippen LogP contribution in [-0.2, 0) is 9.47 Å². The van der Waals surface area contributed by atoms with E-state index in [9.17, 15) is 30.3 Å². The zero-order valence-electron chi connectivity index (χ0n) is 16.9. The summed E-state index contributed by atoms with van der Waals surface area (Å²) in [5, 5.41) is 49.0. The summed E-state index contributed by atoms with van der Waals surface area (Å²) >= 11 is 0. The van der Waals surface area contributed by atoms with E-state index in [1.165, 1.54) is 12.1 Å². The van der Waals surface area contributed by atoms with E-state index >= 15 is 0 Å². The fraction of sp³-hybridized carbons (Fsp3) is 0.409. The topological polar surface area (TPSA) is 146 Å². The lowest BCUT2D eigenvalue weighted by Crippen LogP contribution is -2.59. The Bertz CT molecular complexity index is 871. The van der Waals surface area contributed by atoms with Crippen molar-refractivity contribution in [2.24, 2.45) is 0 Å². The van der Waals surface area contributed by atoms with Gasteiger partial charge in [0.25, 0.3) is 0 Å². The number of aliphatic hydroxyl groups is 4. The van der Waals surface area contributed by atoms with Crippen molar-refractivity contribution in [1.29, 1.82) is 0 Å². The minimum absolute atomic E-state index is 0.0614. The highest BCUT2D eigenvalue weighted by Gasteiger charge is 2.44. The first-order valence-electron chi connectivity index (χ1n) is 9.83. The number of aliphatic hydroxyl groups excluding tert-OH is 4. The number of ether oxygens (including phenoxy) is 3. The van der Waals surface area contributed by atoms with Gasteiger partial charge in [-0.25, -0.2) is 0 Å². The number of phenolic OH excluding ortho intramolecular Hbond substituents is 1. The van der Waals surface area contributed by atoms with Gasteiger partial charge in [0, 0.05) is 11.6 Å². The lowest BCUT2D eigenvalue weighted by Gasteiger charge is -2.39. The fourth-order valence-corrected chi connectivity index (χ4v) is 3.22. The molecule has 168 valence electrons. The number of phenols is 1. The molecule has 1 fully saturated rings. The average Bonchev–Trinajstić information content (AvgIpc) is 2.77.